The molecule has 0 atom stereocenters. The van der Waals surface area contributed by atoms with E-state index in [0.717, 1.165) is 23.4 Å². The molecular formula is C14H14N4O. The summed E-state index contributed by atoms with van der Waals surface area (Å²) in [4.78, 5) is 8.62. The molecule has 0 saturated carbocycles. The number of phenolic OH excluding ortho intramolecular Hbond substituents is 1. The molecule has 5 heteroatoms. The lowest BCUT2D eigenvalue weighted by molar-refractivity contribution is 0.477. The van der Waals surface area contributed by atoms with Crippen molar-refractivity contribution < 1.29 is 5.11 Å². The monoisotopic (exact) mass is 254 g/mol. The Morgan fingerprint density at radius 1 is 1.32 bits per heavy atom. The van der Waals surface area contributed by atoms with Crippen molar-refractivity contribution in [2.75, 3.05) is 5.73 Å². The van der Waals surface area contributed by atoms with Gasteiger partial charge in [-0.2, -0.15) is 0 Å². The predicted octanol–water partition coefficient (Wildman–Crippen LogP) is 2.41. The van der Waals surface area contributed by atoms with Gasteiger partial charge in [-0.05, 0) is 25.1 Å². The maximum Gasteiger partial charge on any atom is 0.144 e. The number of phenols is 1. The highest BCUT2D eigenvalue weighted by molar-refractivity contribution is 5.81. The number of nitrogens with zero attached hydrogens (tertiary/aromatic N) is 3. The average molecular weight is 254 g/mol. The van der Waals surface area contributed by atoms with Crippen molar-refractivity contribution >= 4 is 16.7 Å². The van der Waals surface area contributed by atoms with Gasteiger partial charge in [-0.1, -0.05) is 0 Å². The maximum absolute atomic E-state index is 10.0. The first-order chi connectivity index (χ1) is 9.20. The molecule has 2 aromatic heterocycles. The Morgan fingerprint density at radius 2 is 2.16 bits per heavy atom. The van der Waals surface area contributed by atoms with Gasteiger partial charge in [0, 0.05) is 24.5 Å². The second-order valence-corrected chi connectivity index (χ2v) is 4.32. The summed E-state index contributed by atoms with van der Waals surface area (Å²) in [6, 6.07) is 6.99. The zero-order valence-corrected chi connectivity index (χ0v) is 10.5. The van der Waals surface area contributed by atoms with Gasteiger partial charge in [-0.3, -0.25) is 4.98 Å². The van der Waals surface area contributed by atoms with E-state index in [-0.39, 0.29) is 5.75 Å². The average Bonchev–Trinajstić information content (AvgIpc) is 2.76. The minimum atomic E-state index is 0.137. The van der Waals surface area contributed by atoms with E-state index >= 15 is 0 Å². The number of benzene rings is 1. The summed E-state index contributed by atoms with van der Waals surface area (Å²) in [5.41, 5.74) is 8.68. The SMILES string of the molecule is CCn1c(-c2ccc(N)cc2O)nc2cnccc21. The molecule has 96 valence electrons. The number of fused-ring (bicyclic) bond motifs is 1. The smallest absolute Gasteiger partial charge is 0.144 e. The fourth-order valence-corrected chi connectivity index (χ4v) is 2.25. The normalized spacial score (nSPS) is 11.0. The Morgan fingerprint density at radius 3 is 2.89 bits per heavy atom. The third-order valence-electron chi connectivity index (χ3n) is 3.13. The molecule has 0 aliphatic heterocycles. The quantitative estimate of drug-likeness (QED) is 0.688. The number of aromatic hydroxyl groups is 1. The van der Waals surface area contributed by atoms with Crippen LogP contribution in [0.4, 0.5) is 5.69 Å². The van der Waals surface area contributed by atoms with Gasteiger partial charge in [0.05, 0.1) is 17.3 Å². The Kier molecular flexibility index (Phi) is 2.59. The van der Waals surface area contributed by atoms with E-state index < -0.39 is 0 Å². The van der Waals surface area contributed by atoms with Crippen LogP contribution in [0.3, 0.4) is 0 Å². The van der Waals surface area contributed by atoms with Crippen LogP contribution in [-0.4, -0.2) is 19.6 Å². The zero-order valence-electron chi connectivity index (χ0n) is 10.5. The van der Waals surface area contributed by atoms with E-state index in [2.05, 4.69) is 9.97 Å². The minimum Gasteiger partial charge on any atom is -0.507 e. The molecule has 0 saturated heterocycles. The van der Waals surface area contributed by atoms with Crippen molar-refractivity contribution in [3.05, 3.63) is 36.7 Å². The van der Waals surface area contributed by atoms with Crippen LogP contribution >= 0.6 is 0 Å². The molecule has 0 bridgehead atoms. The maximum atomic E-state index is 10.0. The summed E-state index contributed by atoms with van der Waals surface area (Å²) in [6.45, 7) is 2.80. The van der Waals surface area contributed by atoms with Crippen LogP contribution in [0.5, 0.6) is 5.75 Å². The lowest BCUT2D eigenvalue weighted by Crippen LogP contribution is -1.98. The highest BCUT2D eigenvalue weighted by atomic mass is 16.3. The van der Waals surface area contributed by atoms with E-state index in [1.807, 2.05) is 17.6 Å². The second kappa shape index (κ2) is 4.28. The van der Waals surface area contributed by atoms with Crippen LogP contribution in [0.25, 0.3) is 22.4 Å². The van der Waals surface area contributed by atoms with Crippen molar-refractivity contribution in [1.82, 2.24) is 14.5 Å². The first kappa shape index (κ1) is 11.5. The van der Waals surface area contributed by atoms with Crippen molar-refractivity contribution in [3.63, 3.8) is 0 Å². The van der Waals surface area contributed by atoms with Gasteiger partial charge in [0.15, 0.2) is 0 Å². The number of imidazole rings is 1. The summed E-state index contributed by atoms with van der Waals surface area (Å²) in [5, 5.41) is 10.0. The fourth-order valence-electron chi connectivity index (χ4n) is 2.25. The van der Waals surface area contributed by atoms with Crippen LogP contribution in [0.2, 0.25) is 0 Å². The third kappa shape index (κ3) is 1.79. The van der Waals surface area contributed by atoms with Gasteiger partial charge in [0.2, 0.25) is 0 Å². The molecular weight excluding hydrogens is 240 g/mol. The number of nitrogens with two attached hydrogens (primary N) is 1. The lowest BCUT2D eigenvalue weighted by Gasteiger charge is -2.08. The Hall–Kier alpha value is -2.56. The first-order valence-electron chi connectivity index (χ1n) is 6.10. The number of anilines is 1. The molecule has 0 spiro atoms. The van der Waals surface area contributed by atoms with Gasteiger partial charge >= 0.3 is 0 Å². The molecule has 0 fully saturated rings. The zero-order chi connectivity index (χ0) is 13.4. The number of aryl methyl sites for hydroxylation is 1. The number of pyridine rings is 1. The topological polar surface area (TPSA) is 77.0 Å². The third-order valence-corrected chi connectivity index (χ3v) is 3.13. The Bertz CT molecular complexity index is 748. The summed E-state index contributed by atoms with van der Waals surface area (Å²) in [6.07, 6.45) is 3.46. The molecule has 0 aliphatic carbocycles. The largest absolute Gasteiger partial charge is 0.507 e. The van der Waals surface area contributed by atoms with Gasteiger partial charge in [-0.25, -0.2) is 4.98 Å². The Labute approximate surface area is 110 Å². The minimum absolute atomic E-state index is 0.137. The van der Waals surface area contributed by atoms with Gasteiger partial charge < -0.3 is 15.4 Å². The summed E-state index contributed by atoms with van der Waals surface area (Å²) in [5.74, 6) is 0.862. The summed E-state index contributed by atoms with van der Waals surface area (Å²) >= 11 is 0. The highest BCUT2D eigenvalue weighted by Gasteiger charge is 2.14. The van der Waals surface area contributed by atoms with Crippen molar-refractivity contribution in [2.24, 2.45) is 0 Å². The van der Waals surface area contributed by atoms with Crippen molar-refractivity contribution in [3.8, 4) is 17.1 Å². The number of hydrogen-bond donors (Lipinski definition) is 2. The van der Waals surface area contributed by atoms with Gasteiger partial charge in [0.1, 0.15) is 17.1 Å². The molecule has 19 heavy (non-hydrogen) atoms. The van der Waals surface area contributed by atoms with E-state index in [1.165, 1.54) is 6.07 Å². The highest BCUT2D eigenvalue weighted by Crippen LogP contribution is 2.32. The number of rotatable bonds is 2. The van der Waals surface area contributed by atoms with Crippen LogP contribution in [-0.2, 0) is 6.54 Å². The number of hydrogen-bond acceptors (Lipinski definition) is 4. The van der Waals surface area contributed by atoms with Crippen molar-refractivity contribution in [1.29, 1.82) is 0 Å². The van der Waals surface area contributed by atoms with Gasteiger partial charge in [0.25, 0.3) is 0 Å². The second-order valence-electron chi connectivity index (χ2n) is 4.32. The lowest BCUT2D eigenvalue weighted by atomic mass is 10.1. The molecule has 3 N–H and O–H groups in total. The van der Waals surface area contributed by atoms with Crippen LogP contribution in [0.1, 0.15) is 6.92 Å². The van der Waals surface area contributed by atoms with Crippen LogP contribution < -0.4 is 5.73 Å². The predicted molar refractivity (Wildman–Crippen MR) is 74.7 cm³/mol. The molecule has 0 unspecified atom stereocenters. The number of nitrogen functional groups attached to an aromatic ring is 1. The van der Waals surface area contributed by atoms with E-state index in [0.29, 0.717) is 11.3 Å². The van der Waals surface area contributed by atoms with E-state index in [9.17, 15) is 5.11 Å². The molecule has 3 aromatic rings. The molecule has 1 aromatic carbocycles. The molecule has 0 amide bonds. The molecule has 0 aliphatic rings. The molecule has 2 heterocycles. The number of aromatic nitrogens is 3. The van der Waals surface area contributed by atoms with Gasteiger partial charge in [-0.15, -0.1) is 0 Å². The van der Waals surface area contributed by atoms with Crippen LogP contribution in [0, 0.1) is 0 Å². The molecule has 3 rings (SSSR count). The molecule has 5 nitrogen and oxygen atoms in total. The van der Waals surface area contributed by atoms with Crippen LogP contribution in [0.15, 0.2) is 36.7 Å². The Balaban J connectivity index is 2.30. The standard InChI is InChI=1S/C14H14N4O/c1-2-18-12-5-6-16-8-11(12)17-14(18)10-4-3-9(15)7-13(10)19/h3-8,19H,2,15H2,1H3. The first-order valence-corrected chi connectivity index (χ1v) is 6.10. The summed E-state index contributed by atoms with van der Waals surface area (Å²) in [7, 11) is 0. The fraction of sp³-hybridized carbons (Fsp3) is 0.143. The summed E-state index contributed by atoms with van der Waals surface area (Å²) < 4.78 is 2.04. The van der Waals surface area contributed by atoms with E-state index in [4.69, 9.17) is 5.73 Å². The molecule has 0 radical (unpaired) electrons. The van der Waals surface area contributed by atoms with Crippen molar-refractivity contribution in [2.45, 2.75) is 13.5 Å². The van der Waals surface area contributed by atoms with E-state index in [1.54, 1.807) is 24.5 Å².